The molecule has 0 fully saturated rings. The van der Waals surface area contributed by atoms with Gasteiger partial charge < -0.3 is 11.1 Å². The molecule has 0 aliphatic carbocycles. The Bertz CT molecular complexity index is 978. The van der Waals surface area contributed by atoms with Crippen molar-refractivity contribution in [1.82, 2.24) is 14.8 Å². The van der Waals surface area contributed by atoms with Crippen LogP contribution in [0.4, 0.5) is 18.3 Å². The first-order valence-electron chi connectivity index (χ1n) is 9.56. The summed E-state index contributed by atoms with van der Waals surface area (Å²) in [7, 11) is 1.91. The van der Waals surface area contributed by atoms with E-state index in [2.05, 4.69) is 27.5 Å². The lowest BCUT2D eigenvalue weighted by Gasteiger charge is -2.05. The van der Waals surface area contributed by atoms with Crippen LogP contribution in [0.2, 0.25) is 0 Å². The molecule has 3 aromatic rings. The molecule has 0 amide bonds. The second-order valence-corrected chi connectivity index (χ2v) is 7.81. The van der Waals surface area contributed by atoms with Crippen LogP contribution in [0.5, 0.6) is 0 Å². The van der Waals surface area contributed by atoms with Crippen LogP contribution in [0, 0.1) is 13.8 Å². The smallest absolute Gasteiger partial charge is 0.360 e. The first kappa shape index (κ1) is 24.4. The molecule has 0 aliphatic heterocycles. The maximum atomic E-state index is 11.9. The topological polar surface area (TPSA) is 68.8 Å². The third kappa shape index (κ3) is 8.39. The van der Waals surface area contributed by atoms with Crippen molar-refractivity contribution in [2.45, 2.75) is 20.0 Å². The fourth-order valence-corrected chi connectivity index (χ4v) is 3.15. The second kappa shape index (κ2) is 11.5. The Morgan fingerprint density at radius 1 is 1.00 bits per heavy atom. The van der Waals surface area contributed by atoms with Crippen molar-refractivity contribution in [3.63, 3.8) is 0 Å². The zero-order valence-electron chi connectivity index (χ0n) is 17.6. The first-order chi connectivity index (χ1) is 14.7. The molecule has 3 N–H and O–H groups in total. The van der Waals surface area contributed by atoms with E-state index < -0.39 is 11.7 Å². The molecule has 0 saturated carbocycles. The van der Waals surface area contributed by atoms with E-state index in [9.17, 15) is 13.2 Å². The Morgan fingerprint density at radius 2 is 1.68 bits per heavy atom. The summed E-state index contributed by atoms with van der Waals surface area (Å²) in [4.78, 5) is 5.47. The number of thiazole rings is 1. The number of aromatic nitrogens is 3. The van der Waals surface area contributed by atoms with Crippen LogP contribution in [0.3, 0.4) is 0 Å². The predicted octanol–water partition coefficient (Wildman–Crippen LogP) is 5.36. The van der Waals surface area contributed by atoms with Crippen LogP contribution in [0.15, 0.2) is 61.1 Å². The number of rotatable bonds is 4. The summed E-state index contributed by atoms with van der Waals surface area (Å²) < 4.78 is 37.5. The van der Waals surface area contributed by atoms with Gasteiger partial charge in [-0.2, -0.15) is 18.3 Å². The molecule has 2 heterocycles. The van der Waals surface area contributed by atoms with Gasteiger partial charge in [-0.1, -0.05) is 41.2 Å². The zero-order valence-corrected chi connectivity index (χ0v) is 18.5. The van der Waals surface area contributed by atoms with E-state index >= 15 is 0 Å². The SMILES string of the molecule is Cc1ccc(-c2cnc(NCCN)s2)ccn(C)nc1.Cc1ccc(C(F)(F)F)cc1. The van der Waals surface area contributed by atoms with Crippen molar-refractivity contribution in [1.29, 1.82) is 0 Å². The molecule has 0 spiro atoms. The van der Waals surface area contributed by atoms with Gasteiger partial charge in [-0.15, -0.1) is 0 Å². The highest BCUT2D eigenvalue weighted by Gasteiger charge is 2.29. The molecular formula is C22H26F3N5S. The molecule has 0 aliphatic rings. The molecule has 2 aromatic heterocycles. The lowest BCUT2D eigenvalue weighted by molar-refractivity contribution is -0.137. The number of nitrogens with zero attached hydrogens (tertiary/aromatic N) is 3. The molecule has 0 radical (unpaired) electrons. The quantitative estimate of drug-likeness (QED) is 0.563. The third-order valence-electron chi connectivity index (χ3n) is 4.03. The fourth-order valence-electron chi connectivity index (χ4n) is 2.30. The number of nitrogens with two attached hydrogens (primary N) is 1. The monoisotopic (exact) mass is 449 g/mol. The Hall–Kier alpha value is -2.91. The highest BCUT2D eigenvalue weighted by molar-refractivity contribution is 7.18. The minimum atomic E-state index is -4.21. The maximum absolute atomic E-state index is 11.9. The number of benzene rings is 1. The minimum Gasteiger partial charge on any atom is -0.360 e. The highest BCUT2D eigenvalue weighted by Crippen LogP contribution is 2.29. The minimum absolute atomic E-state index is 0.594. The standard InChI is InChI=1S/C14H19N5S.C8H7F3/c1-11-3-4-12(5-8-19(2)18-9-11)13-10-17-14(20-13)16-7-6-15;1-6-2-4-7(5-3-6)8(9,10)11/h3-5,8-10H,6-7,15H2,1-2H3,(H,16,17);2-5H,1H3. The largest absolute Gasteiger partial charge is 0.416 e. The van der Waals surface area contributed by atoms with Crippen LogP contribution in [-0.4, -0.2) is 27.9 Å². The summed E-state index contributed by atoms with van der Waals surface area (Å²) in [5.41, 5.74) is 7.93. The Morgan fingerprint density at radius 3 is 2.32 bits per heavy atom. The van der Waals surface area contributed by atoms with Gasteiger partial charge in [0.05, 0.1) is 16.6 Å². The molecule has 5 nitrogen and oxygen atoms in total. The van der Waals surface area contributed by atoms with Crippen LogP contribution >= 0.6 is 11.3 Å². The van der Waals surface area contributed by atoms with E-state index in [1.165, 1.54) is 12.1 Å². The molecular weight excluding hydrogens is 423 g/mol. The van der Waals surface area contributed by atoms with Crippen molar-refractivity contribution < 1.29 is 13.2 Å². The van der Waals surface area contributed by atoms with Crippen LogP contribution in [0.25, 0.3) is 10.4 Å². The molecule has 166 valence electrons. The normalized spacial score (nSPS) is 10.7. The Labute approximate surface area is 184 Å². The molecule has 1 aromatic carbocycles. The number of hydrogen-bond acceptors (Lipinski definition) is 5. The second-order valence-electron chi connectivity index (χ2n) is 6.78. The van der Waals surface area contributed by atoms with E-state index in [0.717, 1.165) is 45.4 Å². The van der Waals surface area contributed by atoms with E-state index in [1.54, 1.807) is 22.9 Å². The average Bonchev–Trinajstić information content (AvgIpc) is 3.21. The van der Waals surface area contributed by atoms with Gasteiger partial charge in [-0.3, -0.25) is 4.68 Å². The van der Waals surface area contributed by atoms with Gasteiger partial charge in [-0.05, 0) is 43.2 Å². The number of nitrogens with one attached hydrogen (secondary N) is 1. The average molecular weight is 450 g/mol. The summed E-state index contributed by atoms with van der Waals surface area (Å²) in [6.45, 7) is 5.11. The van der Waals surface area contributed by atoms with Crippen molar-refractivity contribution in [3.05, 3.63) is 77.7 Å². The maximum Gasteiger partial charge on any atom is 0.416 e. The Kier molecular flexibility index (Phi) is 9.02. The van der Waals surface area contributed by atoms with Crippen molar-refractivity contribution >= 4 is 16.5 Å². The van der Waals surface area contributed by atoms with E-state index in [0.29, 0.717) is 6.54 Å². The van der Waals surface area contributed by atoms with Gasteiger partial charge in [0.1, 0.15) is 0 Å². The summed E-state index contributed by atoms with van der Waals surface area (Å²) in [6, 6.07) is 11.2. The number of hydrogen-bond donors (Lipinski definition) is 2. The fraction of sp³-hybridized carbons (Fsp3) is 0.273. The van der Waals surface area contributed by atoms with Crippen LogP contribution in [-0.2, 0) is 13.2 Å². The van der Waals surface area contributed by atoms with Gasteiger partial charge in [0.25, 0.3) is 0 Å². The number of alkyl halides is 3. The first-order valence-corrected chi connectivity index (χ1v) is 10.4. The van der Waals surface area contributed by atoms with E-state index in [1.807, 2.05) is 38.6 Å². The predicted molar refractivity (Wildman–Crippen MR) is 120 cm³/mol. The van der Waals surface area contributed by atoms with Crippen molar-refractivity contribution in [2.24, 2.45) is 12.8 Å². The van der Waals surface area contributed by atoms with Gasteiger partial charge in [-0.25, -0.2) is 4.98 Å². The molecule has 0 saturated heterocycles. The highest BCUT2D eigenvalue weighted by atomic mass is 32.1. The van der Waals surface area contributed by atoms with E-state index in [4.69, 9.17) is 5.73 Å². The summed E-state index contributed by atoms with van der Waals surface area (Å²) in [6.07, 6.45) is 1.43. The lowest BCUT2D eigenvalue weighted by Crippen LogP contribution is -2.12. The third-order valence-corrected chi connectivity index (χ3v) is 5.03. The molecule has 0 atom stereocenters. The molecule has 9 heteroatoms. The summed E-state index contributed by atoms with van der Waals surface area (Å²) in [5, 5.41) is 8.37. The molecule has 31 heavy (non-hydrogen) atoms. The molecule has 3 rings (SSSR count). The number of halogens is 3. The van der Waals surface area contributed by atoms with Gasteiger partial charge in [0.15, 0.2) is 5.13 Å². The van der Waals surface area contributed by atoms with Gasteiger partial charge >= 0.3 is 6.18 Å². The van der Waals surface area contributed by atoms with Gasteiger partial charge in [0.2, 0.25) is 0 Å². The molecule has 0 bridgehead atoms. The van der Waals surface area contributed by atoms with E-state index in [-0.39, 0.29) is 0 Å². The lowest BCUT2D eigenvalue weighted by atomic mass is 10.1. The van der Waals surface area contributed by atoms with Gasteiger partial charge in [0, 0.05) is 32.5 Å². The Balaban J connectivity index is 0.000000262. The van der Waals surface area contributed by atoms with Crippen molar-refractivity contribution in [3.8, 4) is 10.4 Å². The zero-order chi connectivity index (χ0) is 22.9. The number of anilines is 1. The van der Waals surface area contributed by atoms with Crippen LogP contribution in [0.1, 0.15) is 16.7 Å². The number of aryl methyl sites for hydroxylation is 3. The summed E-state index contributed by atoms with van der Waals surface area (Å²) >= 11 is 1.62. The van der Waals surface area contributed by atoms with Crippen LogP contribution < -0.4 is 11.1 Å². The summed E-state index contributed by atoms with van der Waals surface area (Å²) in [5.74, 6) is 0. The van der Waals surface area contributed by atoms with Crippen molar-refractivity contribution in [2.75, 3.05) is 18.4 Å². The molecule has 0 unspecified atom stereocenters.